The van der Waals surface area contributed by atoms with Crippen LogP contribution in [0.1, 0.15) is 30.0 Å². The highest BCUT2D eigenvalue weighted by atomic mass is 19.3. The average molecular weight is 371 g/mol. The molecule has 1 aliphatic carbocycles. The standard InChI is InChI=1S/C17H17F4N3O2/c1-10-14(11-7-17(20,21)8-11)23-24(12-5-3-2-4-6-12)15(10)22-16(25)26-9-13(18)19/h2-6,11,13H,7-9H2,1H3,(H,22,25). The third-order valence-electron chi connectivity index (χ3n) is 4.20. The van der Waals surface area contributed by atoms with Crippen molar-refractivity contribution >= 4 is 11.9 Å². The van der Waals surface area contributed by atoms with Gasteiger partial charge in [0.05, 0.1) is 11.4 Å². The predicted molar refractivity (Wildman–Crippen MR) is 86.2 cm³/mol. The zero-order valence-electron chi connectivity index (χ0n) is 13.9. The van der Waals surface area contributed by atoms with Crippen molar-refractivity contribution in [3.8, 4) is 5.69 Å². The smallest absolute Gasteiger partial charge is 0.413 e. The number of hydrogen-bond donors (Lipinski definition) is 1. The molecule has 1 fully saturated rings. The van der Waals surface area contributed by atoms with Crippen LogP contribution in [-0.4, -0.2) is 34.8 Å². The van der Waals surface area contributed by atoms with E-state index in [1.165, 1.54) is 4.68 Å². The molecule has 0 radical (unpaired) electrons. The maximum atomic E-state index is 13.2. The number of nitrogens with zero attached hydrogens (tertiary/aromatic N) is 2. The molecule has 1 amide bonds. The predicted octanol–water partition coefficient (Wildman–Crippen LogP) is 4.51. The van der Waals surface area contributed by atoms with E-state index >= 15 is 0 Å². The highest BCUT2D eigenvalue weighted by molar-refractivity contribution is 5.85. The molecule has 0 spiro atoms. The molecule has 3 rings (SSSR count). The van der Waals surface area contributed by atoms with Gasteiger partial charge in [-0.05, 0) is 19.1 Å². The third-order valence-corrected chi connectivity index (χ3v) is 4.20. The second-order valence-electron chi connectivity index (χ2n) is 6.18. The molecular formula is C17H17F4N3O2. The summed E-state index contributed by atoms with van der Waals surface area (Å²) in [7, 11) is 0. The van der Waals surface area contributed by atoms with Gasteiger partial charge in [0.1, 0.15) is 5.82 Å². The number of benzene rings is 1. The molecule has 9 heteroatoms. The number of ether oxygens (including phenoxy) is 1. The van der Waals surface area contributed by atoms with Crippen molar-refractivity contribution in [1.82, 2.24) is 9.78 Å². The van der Waals surface area contributed by atoms with Crippen molar-refractivity contribution in [3.05, 3.63) is 41.6 Å². The summed E-state index contributed by atoms with van der Waals surface area (Å²) >= 11 is 0. The lowest BCUT2D eigenvalue weighted by Crippen LogP contribution is -2.34. The van der Waals surface area contributed by atoms with Crippen molar-refractivity contribution in [2.24, 2.45) is 0 Å². The number of alkyl halides is 4. The Kier molecular flexibility index (Phi) is 4.88. The van der Waals surface area contributed by atoms with Crippen LogP contribution >= 0.6 is 0 Å². The fourth-order valence-corrected chi connectivity index (χ4v) is 2.93. The first-order valence-electron chi connectivity index (χ1n) is 8.01. The van der Waals surface area contributed by atoms with Crippen molar-refractivity contribution in [1.29, 1.82) is 0 Å². The molecule has 1 aromatic carbocycles. The van der Waals surface area contributed by atoms with Crippen LogP contribution in [0.3, 0.4) is 0 Å². The highest BCUT2D eigenvalue weighted by Crippen LogP contribution is 2.49. The van der Waals surface area contributed by atoms with Crippen LogP contribution in [-0.2, 0) is 4.74 Å². The minimum Gasteiger partial charge on any atom is -0.443 e. The molecule has 0 aliphatic heterocycles. The number of rotatable bonds is 5. The van der Waals surface area contributed by atoms with E-state index < -0.39 is 31.0 Å². The molecule has 1 aliphatic rings. The zero-order chi connectivity index (χ0) is 18.9. The van der Waals surface area contributed by atoms with Gasteiger partial charge in [-0.1, -0.05) is 18.2 Å². The number of amides is 1. The molecule has 2 aromatic rings. The van der Waals surface area contributed by atoms with Crippen LogP contribution in [0.2, 0.25) is 0 Å². The SMILES string of the molecule is Cc1c(C2CC(F)(F)C2)nn(-c2ccccc2)c1NC(=O)OCC(F)F. The van der Waals surface area contributed by atoms with Gasteiger partial charge in [-0.2, -0.15) is 5.10 Å². The molecule has 5 nitrogen and oxygen atoms in total. The van der Waals surface area contributed by atoms with E-state index in [1.807, 2.05) is 0 Å². The lowest BCUT2D eigenvalue weighted by atomic mass is 9.78. The highest BCUT2D eigenvalue weighted by Gasteiger charge is 2.47. The number of anilines is 1. The molecule has 0 atom stereocenters. The summed E-state index contributed by atoms with van der Waals surface area (Å²) in [6.45, 7) is 0.604. The van der Waals surface area contributed by atoms with Gasteiger partial charge < -0.3 is 4.74 Å². The summed E-state index contributed by atoms with van der Waals surface area (Å²) in [5, 5.41) is 6.78. The molecule has 26 heavy (non-hydrogen) atoms. The number of para-hydroxylation sites is 1. The summed E-state index contributed by atoms with van der Waals surface area (Å²) in [4.78, 5) is 11.8. The second kappa shape index (κ2) is 6.97. The van der Waals surface area contributed by atoms with E-state index in [0.29, 0.717) is 16.9 Å². The Bertz CT molecular complexity index is 785. The van der Waals surface area contributed by atoms with Crippen LogP contribution in [0.15, 0.2) is 30.3 Å². The maximum absolute atomic E-state index is 13.2. The van der Waals surface area contributed by atoms with Gasteiger partial charge in [0, 0.05) is 24.3 Å². The fourth-order valence-electron chi connectivity index (χ4n) is 2.93. The van der Waals surface area contributed by atoms with Crippen LogP contribution in [0.4, 0.5) is 28.2 Å². The number of carbonyl (C=O) groups is 1. The summed E-state index contributed by atoms with van der Waals surface area (Å²) in [5.41, 5.74) is 1.55. The molecular weight excluding hydrogens is 354 g/mol. The zero-order valence-corrected chi connectivity index (χ0v) is 13.9. The normalized spacial score (nSPS) is 16.4. The molecule has 0 unspecified atom stereocenters. The Morgan fingerprint density at radius 1 is 1.35 bits per heavy atom. The van der Waals surface area contributed by atoms with Gasteiger partial charge in [-0.15, -0.1) is 0 Å². The second-order valence-corrected chi connectivity index (χ2v) is 6.18. The number of halogens is 4. The van der Waals surface area contributed by atoms with Crippen LogP contribution in [0.5, 0.6) is 0 Å². The summed E-state index contributed by atoms with van der Waals surface area (Å²) < 4.78 is 56.7. The Balaban J connectivity index is 1.90. The van der Waals surface area contributed by atoms with Crippen molar-refractivity contribution in [3.63, 3.8) is 0 Å². The third kappa shape index (κ3) is 3.81. The van der Waals surface area contributed by atoms with Gasteiger partial charge in [0.2, 0.25) is 5.92 Å². The quantitative estimate of drug-likeness (QED) is 0.787. The Labute approximate surface area is 146 Å². The molecule has 0 saturated heterocycles. The first-order chi connectivity index (χ1) is 12.3. The van der Waals surface area contributed by atoms with Gasteiger partial charge in [-0.3, -0.25) is 5.32 Å². The molecule has 140 valence electrons. The van der Waals surface area contributed by atoms with Gasteiger partial charge >= 0.3 is 6.09 Å². The summed E-state index contributed by atoms with van der Waals surface area (Å²) in [6.07, 6.45) is -4.46. The van der Waals surface area contributed by atoms with Gasteiger partial charge in [0.15, 0.2) is 6.61 Å². The summed E-state index contributed by atoms with van der Waals surface area (Å²) in [5.74, 6) is -2.93. The number of carbonyl (C=O) groups excluding carboxylic acids is 1. The van der Waals surface area contributed by atoms with E-state index in [0.717, 1.165) is 0 Å². The number of nitrogens with one attached hydrogen (secondary N) is 1. The average Bonchev–Trinajstić information content (AvgIpc) is 2.88. The number of hydrogen-bond acceptors (Lipinski definition) is 3. The van der Waals surface area contributed by atoms with Crippen LogP contribution < -0.4 is 5.32 Å². The Hall–Kier alpha value is -2.58. The van der Waals surface area contributed by atoms with E-state index in [9.17, 15) is 22.4 Å². The van der Waals surface area contributed by atoms with Crippen molar-refractivity contribution in [2.75, 3.05) is 11.9 Å². The van der Waals surface area contributed by atoms with Gasteiger partial charge in [-0.25, -0.2) is 27.0 Å². The largest absolute Gasteiger partial charge is 0.443 e. The lowest BCUT2D eigenvalue weighted by molar-refractivity contribution is -0.0877. The van der Waals surface area contributed by atoms with E-state index in [4.69, 9.17) is 0 Å². The molecule has 1 N–H and O–H groups in total. The first kappa shape index (κ1) is 18.2. The topological polar surface area (TPSA) is 56.2 Å². The molecule has 1 saturated carbocycles. The monoisotopic (exact) mass is 371 g/mol. The van der Waals surface area contributed by atoms with E-state index in [2.05, 4.69) is 15.2 Å². The minimum atomic E-state index is -2.78. The summed E-state index contributed by atoms with van der Waals surface area (Å²) in [6, 6.07) is 8.74. The van der Waals surface area contributed by atoms with Crippen molar-refractivity contribution in [2.45, 2.75) is 38.0 Å². The number of aromatic nitrogens is 2. The maximum Gasteiger partial charge on any atom is 0.413 e. The molecule has 1 heterocycles. The molecule has 0 bridgehead atoms. The fraction of sp³-hybridized carbons (Fsp3) is 0.412. The van der Waals surface area contributed by atoms with Crippen LogP contribution in [0, 0.1) is 6.92 Å². The minimum absolute atomic E-state index is 0.209. The van der Waals surface area contributed by atoms with Crippen LogP contribution in [0.25, 0.3) is 5.69 Å². The Morgan fingerprint density at radius 3 is 2.58 bits per heavy atom. The van der Waals surface area contributed by atoms with E-state index in [-0.39, 0.29) is 18.7 Å². The van der Waals surface area contributed by atoms with Crippen molar-refractivity contribution < 1.29 is 27.1 Å². The van der Waals surface area contributed by atoms with E-state index in [1.54, 1.807) is 37.3 Å². The Morgan fingerprint density at radius 2 is 2.00 bits per heavy atom. The lowest BCUT2D eigenvalue weighted by Gasteiger charge is -2.34. The first-order valence-corrected chi connectivity index (χ1v) is 8.01. The molecule has 1 aromatic heterocycles. The van der Waals surface area contributed by atoms with Gasteiger partial charge in [0.25, 0.3) is 6.43 Å².